The van der Waals surface area contributed by atoms with E-state index in [1.165, 1.54) is 0 Å². The van der Waals surface area contributed by atoms with E-state index in [1.807, 2.05) is 24.3 Å². The Labute approximate surface area is 157 Å². The maximum absolute atomic E-state index is 9.27. The third-order valence-electron chi connectivity index (χ3n) is 5.87. The minimum Gasteiger partial charge on any atom is -0.450 e. The monoisotopic (exact) mass is 375 g/mol. The minimum absolute atomic E-state index is 0.327. The second-order valence-corrected chi connectivity index (χ2v) is 16.2. The van der Waals surface area contributed by atoms with Gasteiger partial charge in [0.2, 0.25) is 0 Å². The summed E-state index contributed by atoms with van der Waals surface area (Å²) in [5, 5.41) is 9.27. The second kappa shape index (κ2) is 10.3. The predicted molar refractivity (Wildman–Crippen MR) is 113 cm³/mol. The molecule has 0 saturated carbocycles. The van der Waals surface area contributed by atoms with Gasteiger partial charge in [-0.25, -0.2) is 0 Å². The molecule has 0 radical (unpaired) electrons. The molecule has 0 saturated heterocycles. The molecule has 0 aliphatic carbocycles. The zero-order valence-corrected chi connectivity index (χ0v) is 18.9. The molecule has 0 heterocycles. The number of nitriles is 1. The number of benzene rings is 1. The van der Waals surface area contributed by atoms with Crippen molar-refractivity contribution in [3.63, 3.8) is 0 Å². The molecule has 1 rings (SSSR count). The zero-order chi connectivity index (χ0) is 18.9. The van der Waals surface area contributed by atoms with Crippen molar-refractivity contribution >= 4 is 29.2 Å². The molecule has 0 aliphatic heterocycles. The van der Waals surface area contributed by atoms with Gasteiger partial charge in [-0.3, -0.25) is 0 Å². The Bertz CT molecular complexity index is 530. The molecule has 3 nitrogen and oxygen atoms in total. The number of nitrogens with zero attached hydrogens (tertiary/aromatic N) is 1. The highest BCUT2D eigenvalue weighted by Gasteiger charge is 2.41. The summed E-state index contributed by atoms with van der Waals surface area (Å²) < 4.78 is 13.5. The first-order valence-corrected chi connectivity index (χ1v) is 14.9. The summed E-state index contributed by atoms with van der Waals surface area (Å²) in [6.45, 7) is 13.5. The van der Waals surface area contributed by atoms with Gasteiger partial charge >= 0.3 is 7.12 Å². The van der Waals surface area contributed by atoms with E-state index in [9.17, 15) is 5.26 Å². The van der Waals surface area contributed by atoms with Gasteiger partial charge in [0.1, 0.15) is 0 Å². The zero-order valence-electron chi connectivity index (χ0n) is 16.9. The average Bonchev–Trinajstić information content (AvgIpc) is 2.69. The normalized spacial score (nSPS) is 12.0. The van der Waals surface area contributed by atoms with Crippen molar-refractivity contribution in [1.29, 1.82) is 5.26 Å². The Hall–Kier alpha value is -0.871. The van der Waals surface area contributed by atoms with E-state index in [0.717, 1.165) is 41.7 Å². The van der Waals surface area contributed by atoms with Crippen molar-refractivity contribution in [2.45, 2.75) is 77.8 Å². The third-order valence-corrected chi connectivity index (χ3v) is 15.0. The van der Waals surface area contributed by atoms with E-state index in [0.29, 0.717) is 5.56 Å². The fourth-order valence-electron chi connectivity index (χ4n) is 3.37. The van der Waals surface area contributed by atoms with Gasteiger partial charge in [0.25, 0.3) is 0 Å². The topological polar surface area (TPSA) is 42.2 Å². The molecule has 0 bridgehead atoms. The highest BCUT2D eigenvalue weighted by atomic mass is 28.4. The lowest BCUT2D eigenvalue weighted by Gasteiger charge is -2.37. The van der Waals surface area contributed by atoms with Crippen LogP contribution in [0.2, 0.25) is 36.3 Å². The van der Waals surface area contributed by atoms with Crippen molar-refractivity contribution in [2.24, 2.45) is 0 Å². The molecule has 0 aliphatic rings. The molecule has 0 aromatic heterocycles. The molecule has 1 aromatic rings. The van der Waals surface area contributed by atoms with Gasteiger partial charge in [-0.15, -0.1) is 0 Å². The van der Waals surface area contributed by atoms with E-state index in [-0.39, 0.29) is 7.12 Å². The van der Waals surface area contributed by atoms with Crippen LogP contribution >= 0.6 is 0 Å². The maximum Gasteiger partial charge on any atom is 0.472 e. The number of hydrogen-bond donors (Lipinski definition) is 0. The van der Waals surface area contributed by atoms with Crippen molar-refractivity contribution in [3.05, 3.63) is 29.8 Å². The van der Waals surface area contributed by atoms with Gasteiger partial charge in [0.15, 0.2) is 16.6 Å². The Kier molecular flexibility index (Phi) is 9.15. The van der Waals surface area contributed by atoms with E-state index in [1.54, 1.807) is 0 Å². The first-order chi connectivity index (χ1) is 12.0. The quantitative estimate of drug-likeness (QED) is 0.493. The average molecular weight is 375 g/mol. The fraction of sp³-hybridized carbons (Fsp3) is 0.632. The van der Waals surface area contributed by atoms with Crippen LogP contribution < -0.4 is 5.46 Å². The minimum atomic E-state index is -1.81. The van der Waals surface area contributed by atoms with Crippen LogP contribution in [0.15, 0.2) is 24.3 Å². The van der Waals surface area contributed by atoms with E-state index in [2.05, 4.69) is 47.6 Å². The molecule has 0 spiro atoms. The summed E-state index contributed by atoms with van der Waals surface area (Å²) >= 11 is 0. The largest absolute Gasteiger partial charge is 0.472 e. The van der Waals surface area contributed by atoms with Crippen LogP contribution in [0.5, 0.6) is 0 Å². The first-order valence-electron chi connectivity index (χ1n) is 9.83. The van der Waals surface area contributed by atoms with Crippen LogP contribution in [0.1, 0.15) is 47.1 Å². The highest BCUT2D eigenvalue weighted by molar-refractivity contribution is 6.87. The van der Waals surface area contributed by atoms with Gasteiger partial charge in [-0.2, -0.15) is 5.26 Å². The first kappa shape index (κ1) is 22.2. The van der Waals surface area contributed by atoms with E-state index < -0.39 is 16.6 Å². The van der Waals surface area contributed by atoms with E-state index in [4.69, 9.17) is 8.69 Å². The van der Waals surface area contributed by atoms with Crippen LogP contribution in [0.25, 0.3) is 0 Å². The number of hydrogen-bond acceptors (Lipinski definition) is 3. The van der Waals surface area contributed by atoms with Gasteiger partial charge in [0.05, 0.1) is 11.6 Å². The van der Waals surface area contributed by atoms with E-state index >= 15 is 0 Å². The second-order valence-electron chi connectivity index (χ2n) is 6.79. The molecule has 0 amide bonds. The lowest BCUT2D eigenvalue weighted by molar-refractivity contribution is 0.416. The molecule has 1 aromatic carbocycles. The van der Waals surface area contributed by atoms with Gasteiger partial charge < -0.3 is 8.69 Å². The molecule has 6 heteroatoms. The Morgan fingerprint density at radius 2 is 1.28 bits per heavy atom. The fourth-order valence-corrected chi connectivity index (χ4v) is 8.74. The molecule has 0 fully saturated rings. The van der Waals surface area contributed by atoms with Gasteiger partial charge in [-0.05, 0) is 53.9 Å². The Balaban J connectivity index is 3.28. The van der Waals surface area contributed by atoms with Crippen molar-refractivity contribution < 1.29 is 8.69 Å². The van der Waals surface area contributed by atoms with Crippen LogP contribution in [0.3, 0.4) is 0 Å². The standard InChI is InChI=1S/C19H34BNO2Si2/c1-7-24(8-2,9-3)22-20(23-25(10-4,11-5)12-6)19-15-13-14-18(16-19)17-21/h13-16H,7-12H2,1-6H3. The Morgan fingerprint density at radius 3 is 1.64 bits per heavy atom. The summed E-state index contributed by atoms with van der Waals surface area (Å²) in [6, 6.07) is 16.6. The molecular weight excluding hydrogens is 341 g/mol. The molecule has 0 atom stereocenters. The summed E-state index contributed by atoms with van der Waals surface area (Å²) in [5.41, 5.74) is 1.67. The smallest absolute Gasteiger partial charge is 0.450 e. The summed E-state index contributed by atoms with van der Waals surface area (Å²) in [4.78, 5) is 0. The molecular formula is C19H34BNO2Si2. The summed E-state index contributed by atoms with van der Waals surface area (Å²) in [7, 11) is -3.96. The molecule has 0 unspecified atom stereocenters. The predicted octanol–water partition coefficient (Wildman–Crippen LogP) is 5.30. The van der Waals surface area contributed by atoms with Crippen LogP contribution in [-0.4, -0.2) is 23.8 Å². The van der Waals surface area contributed by atoms with Crippen LogP contribution in [-0.2, 0) is 8.69 Å². The summed E-state index contributed by atoms with van der Waals surface area (Å²) in [5.74, 6) is 0. The number of rotatable bonds is 11. The maximum atomic E-state index is 9.27. The Morgan fingerprint density at radius 1 is 0.840 bits per heavy atom. The van der Waals surface area contributed by atoms with Crippen molar-refractivity contribution in [2.75, 3.05) is 0 Å². The van der Waals surface area contributed by atoms with Gasteiger partial charge in [0, 0.05) is 0 Å². The SMILES string of the molecule is CC[Si](CC)(CC)OB(O[Si](CC)(CC)CC)c1cccc(C#N)c1. The lowest BCUT2D eigenvalue weighted by Crippen LogP contribution is -2.54. The van der Waals surface area contributed by atoms with Crippen molar-refractivity contribution in [3.8, 4) is 6.07 Å². The van der Waals surface area contributed by atoms with Crippen molar-refractivity contribution in [1.82, 2.24) is 0 Å². The lowest BCUT2D eigenvalue weighted by atomic mass is 9.79. The molecule has 25 heavy (non-hydrogen) atoms. The third kappa shape index (κ3) is 5.55. The van der Waals surface area contributed by atoms with Crippen LogP contribution in [0.4, 0.5) is 0 Å². The molecule has 0 N–H and O–H groups in total. The highest BCUT2D eigenvalue weighted by Crippen LogP contribution is 2.27. The molecule has 138 valence electrons. The van der Waals surface area contributed by atoms with Crippen LogP contribution in [0, 0.1) is 11.3 Å². The van der Waals surface area contributed by atoms with Gasteiger partial charge in [-0.1, -0.05) is 53.7 Å². The summed E-state index contributed by atoms with van der Waals surface area (Å²) in [6.07, 6.45) is 0.